The zero-order valence-electron chi connectivity index (χ0n) is 8.60. The van der Waals surface area contributed by atoms with Crippen LogP contribution in [0.1, 0.15) is 5.56 Å². The zero-order chi connectivity index (χ0) is 11.5. The molecule has 1 heterocycles. The Morgan fingerprint density at radius 3 is 2.62 bits per heavy atom. The van der Waals surface area contributed by atoms with Gasteiger partial charge in [-0.25, -0.2) is 4.98 Å². The van der Waals surface area contributed by atoms with Crippen LogP contribution in [-0.2, 0) is 0 Å². The molecule has 2 rings (SSSR count). The van der Waals surface area contributed by atoms with Crippen molar-refractivity contribution in [1.29, 1.82) is 0 Å². The highest BCUT2D eigenvalue weighted by Gasteiger charge is 2.02. The van der Waals surface area contributed by atoms with E-state index in [1.807, 2.05) is 31.2 Å². The van der Waals surface area contributed by atoms with Gasteiger partial charge in [-0.1, -0.05) is 29.5 Å². The number of benzene rings is 1. The van der Waals surface area contributed by atoms with Gasteiger partial charge in [0.2, 0.25) is 0 Å². The minimum atomic E-state index is -0.524. The molecule has 0 amide bonds. The first-order chi connectivity index (χ1) is 7.65. The predicted molar refractivity (Wildman–Crippen MR) is 61.8 cm³/mol. The van der Waals surface area contributed by atoms with Crippen LogP contribution in [0, 0.1) is 6.92 Å². The summed E-state index contributed by atoms with van der Waals surface area (Å²) in [6, 6.07) is 7.88. The molecule has 2 aromatic rings. The highest BCUT2D eigenvalue weighted by Crippen LogP contribution is 2.23. The molecule has 0 aliphatic rings. The summed E-state index contributed by atoms with van der Waals surface area (Å²) in [5.74, 6) is -0.367. The Morgan fingerprint density at radius 1 is 1.31 bits per heavy atom. The molecule has 0 aliphatic heterocycles. The van der Waals surface area contributed by atoms with Crippen molar-refractivity contribution in [3.63, 3.8) is 0 Å². The van der Waals surface area contributed by atoms with Gasteiger partial charge in [0.05, 0.1) is 6.20 Å². The van der Waals surface area contributed by atoms with E-state index >= 15 is 0 Å². The van der Waals surface area contributed by atoms with Crippen LogP contribution >= 0.6 is 11.8 Å². The minimum Gasteiger partial charge on any atom is -0.502 e. The van der Waals surface area contributed by atoms with E-state index in [1.165, 1.54) is 17.3 Å². The van der Waals surface area contributed by atoms with Gasteiger partial charge in [0.1, 0.15) is 0 Å². The number of aromatic amines is 1. The molecule has 1 aromatic heterocycles. The Balaban J connectivity index is 2.24. The zero-order valence-corrected chi connectivity index (χ0v) is 9.41. The smallest absolute Gasteiger partial charge is 0.293 e. The van der Waals surface area contributed by atoms with Gasteiger partial charge in [-0.2, -0.15) is 0 Å². The maximum Gasteiger partial charge on any atom is 0.293 e. The Morgan fingerprint density at radius 2 is 2.00 bits per heavy atom. The highest BCUT2D eigenvalue weighted by molar-refractivity contribution is 7.99. The average molecular weight is 234 g/mol. The number of nitrogens with zero attached hydrogens (tertiary/aromatic N) is 1. The summed E-state index contributed by atoms with van der Waals surface area (Å²) >= 11 is 1.34. The lowest BCUT2D eigenvalue weighted by molar-refractivity contribution is 0.460. The molecule has 4 nitrogen and oxygen atoms in total. The number of H-pyrrole nitrogens is 1. The largest absolute Gasteiger partial charge is 0.502 e. The van der Waals surface area contributed by atoms with Crippen LogP contribution < -0.4 is 5.56 Å². The first kappa shape index (κ1) is 10.8. The van der Waals surface area contributed by atoms with Crippen LogP contribution in [0.15, 0.2) is 45.3 Å². The Bertz CT molecular complexity index is 549. The van der Waals surface area contributed by atoms with E-state index in [0.29, 0.717) is 5.16 Å². The van der Waals surface area contributed by atoms with Crippen molar-refractivity contribution in [2.24, 2.45) is 0 Å². The van der Waals surface area contributed by atoms with Crippen molar-refractivity contribution in [2.45, 2.75) is 17.0 Å². The van der Waals surface area contributed by atoms with Crippen LogP contribution in [0.3, 0.4) is 0 Å². The first-order valence-electron chi connectivity index (χ1n) is 4.68. The van der Waals surface area contributed by atoms with Gasteiger partial charge >= 0.3 is 0 Å². The molecule has 16 heavy (non-hydrogen) atoms. The number of aryl methyl sites for hydroxylation is 1. The van der Waals surface area contributed by atoms with Gasteiger partial charge in [-0.05, 0) is 19.1 Å². The first-order valence-corrected chi connectivity index (χ1v) is 5.49. The summed E-state index contributed by atoms with van der Waals surface area (Å²) in [6.07, 6.45) is 1.15. The van der Waals surface area contributed by atoms with Crippen molar-refractivity contribution in [3.05, 3.63) is 46.4 Å². The second kappa shape index (κ2) is 4.40. The monoisotopic (exact) mass is 234 g/mol. The van der Waals surface area contributed by atoms with Crippen molar-refractivity contribution in [3.8, 4) is 5.75 Å². The van der Waals surface area contributed by atoms with Gasteiger partial charge in [0, 0.05) is 4.90 Å². The fourth-order valence-electron chi connectivity index (χ4n) is 1.14. The number of hydrogen-bond acceptors (Lipinski definition) is 4. The third kappa shape index (κ3) is 2.43. The Labute approximate surface area is 96.4 Å². The van der Waals surface area contributed by atoms with Crippen molar-refractivity contribution < 1.29 is 5.11 Å². The minimum absolute atomic E-state index is 0.367. The van der Waals surface area contributed by atoms with E-state index in [-0.39, 0.29) is 5.75 Å². The van der Waals surface area contributed by atoms with E-state index in [1.54, 1.807) is 0 Å². The van der Waals surface area contributed by atoms with E-state index < -0.39 is 5.56 Å². The molecular weight excluding hydrogens is 224 g/mol. The molecule has 0 aliphatic carbocycles. The normalized spacial score (nSPS) is 10.3. The number of hydrogen-bond donors (Lipinski definition) is 2. The molecule has 0 saturated carbocycles. The molecule has 5 heteroatoms. The van der Waals surface area contributed by atoms with Gasteiger partial charge in [0.25, 0.3) is 5.56 Å². The molecule has 0 atom stereocenters. The number of rotatable bonds is 2. The summed E-state index contributed by atoms with van der Waals surface area (Å²) in [6.45, 7) is 2.01. The topological polar surface area (TPSA) is 66.0 Å². The lowest BCUT2D eigenvalue weighted by Crippen LogP contribution is -2.06. The summed E-state index contributed by atoms with van der Waals surface area (Å²) in [7, 11) is 0. The van der Waals surface area contributed by atoms with Gasteiger partial charge in [-0.15, -0.1) is 0 Å². The molecule has 2 N–H and O–H groups in total. The van der Waals surface area contributed by atoms with Gasteiger partial charge in [0.15, 0.2) is 10.9 Å². The fraction of sp³-hybridized carbons (Fsp3) is 0.0909. The van der Waals surface area contributed by atoms with Gasteiger partial charge in [-0.3, -0.25) is 9.78 Å². The van der Waals surface area contributed by atoms with E-state index in [0.717, 1.165) is 11.1 Å². The number of aromatic hydroxyl groups is 1. The lowest BCUT2D eigenvalue weighted by atomic mass is 10.2. The number of aromatic nitrogens is 2. The van der Waals surface area contributed by atoms with Crippen LogP contribution in [-0.4, -0.2) is 15.1 Å². The maximum atomic E-state index is 11.1. The molecule has 82 valence electrons. The van der Waals surface area contributed by atoms with Crippen molar-refractivity contribution >= 4 is 11.8 Å². The second-order valence-corrected chi connectivity index (χ2v) is 4.38. The molecular formula is C11H10N2O2S. The van der Waals surface area contributed by atoms with E-state index in [4.69, 9.17) is 5.11 Å². The van der Waals surface area contributed by atoms with Crippen molar-refractivity contribution in [1.82, 2.24) is 9.97 Å². The SMILES string of the molecule is Cc1ccc(Sc2ncc(O)c(=O)[nH]2)cc1. The standard InChI is InChI=1S/C11H10N2O2S/c1-7-2-4-8(5-3-7)16-11-12-6-9(14)10(15)13-11/h2-6,14H,1H3,(H,12,13,15). The molecule has 0 bridgehead atoms. The summed E-state index contributed by atoms with van der Waals surface area (Å²) in [5, 5.41) is 9.50. The summed E-state index contributed by atoms with van der Waals surface area (Å²) < 4.78 is 0. The average Bonchev–Trinajstić information content (AvgIpc) is 2.27. The molecule has 0 radical (unpaired) electrons. The van der Waals surface area contributed by atoms with Crippen LogP contribution in [0.25, 0.3) is 0 Å². The molecule has 0 spiro atoms. The second-order valence-electron chi connectivity index (χ2n) is 3.32. The van der Waals surface area contributed by atoms with Crippen molar-refractivity contribution in [2.75, 3.05) is 0 Å². The van der Waals surface area contributed by atoms with Crippen LogP contribution in [0.4, 0.5) is 0 Å². The molecule has 1 aromatic carbocycles. The quantitative estimate of drug-likeness (QED) is 0.779. The van der Waals surface area contributed by atoms with E-state index in [2.05, 4.69) is 9.97 Å². The lowest BCUT2D eigenvalue weighted by Gasteiger charge is -2.00. The van der Waals surface area contributed by atoms with Crippen LogP contribution in [0.5, 0.6) is 5.75 Å². The third-order valence-corrected chi connectivity index (χ3v) is 2.90. The highest BCUT2D eigenvalue weighted by atomic mass is 32.2. The molecule has 0 saturated heterocycles. The summed E-state index contributed by atoms with van der Waals surface area (Å²) in [4.78, 5) is 18.5. The molecule has 0 unspecified atom stereocenters. The molecule has 0 fully saturated rings. The Kier molecular flexibility index (Phi) is 2.96. The number of nitrogens with one attached hydrogen (secondary N) is 1. The van der Waals surface area contributed by atoms with Gasteiger partial charge < -0.3 is 5.11 Å². The summed E-state index contributed by atoms with van der Waals surface area (Å²) in [5.41, 5.74) is 0.654. The maximum absolute atomic E-state index is 11.1. The van der Waals surface area contributed by atoms with Crippen LogP contribution in [0.2, 0.25) is 0 Å². The predicted octanol–water partition coefficient (Wildman–Crippen LogP) is 1.94. The Hall–Kier alpha value is -1.75. The van der Waals surface area contributed by atoms with E-state index in [9.17, 15) is 4.79 Å². The fourth-order valence-corrected chi connectivity index (χ4v) is 1.89. The third-order valence-electron chi connectivity index (χ3n) is 1.99.